The van der Waals surface area contributed by atoms with Crippen LogP contribution in [0.5, 0.6) is 0 Å². The first-order valence-electron chi connectivity index (χ1n) is 4.95. The Kier molecular flexibility index (Phi) is 5.68. The van der Waals surface area contributed by atoms with Gasteiger partial charge in [0.05, 0.1) is 0 Å². The average molecular weight is 341 g/mol. The fourth-order valence-electron chi connectivity index (χ4n) is 1.55. The van der Waals surface area contributed by atoms with E-state index in [9.17, 15) is 4.79 Å². The molecule has 0 unspecified atom stereocenters. The smallest absolute Gasteiger partial charge is 0.407 e. The van der Waals surface area contributed by atoms with Crippen LogP contribution in [0.1, 0.15) is 19.3 Å². The number of hydrogen-bond donors (Lipinski definition) is 1. The van der Waals surface area contributed by atoms with Gasteiger partial charge in [0, 0.05) is 15.7 Å². The van der Waals surface area contributed by atoms with E-state index in [1.807, 2.05) is 0 Å². The number of carbonyl (C=O) groups excluding carboxylic acids is 1. The van der Waals surface area contributed by atoms with E-state index in [2.05, 4.69) is 43.8 Å². The van der Waals surface area contributed by atoms with Gasteiger partial charge in [-0.1, -0.05) is 44.5 Å². The number of halogens is 2. The summed E-state index contributed by atoms with van der Waals surface area (Å²) in [6.45, 7) is 3.74. The average Bonchev–Trinajstić information content (AvgIpc) is 2.20. The lowest BCUT2D eigenvalue weighted by atomic mass is 9.95. The molecule has 0 saturated heterocycles. The molecule has 0 aromatic heterocycles. The number of rotatable bonds is 3. The van der Waals surface area contributed by atoms with Crippen molar-refractivity contribution in [2.45, 2.75) is 35.0 Å². The van der Waals surface area contributed by atoms with Crippen LogP contribution in [-0.4, -0.2) is 28.4 Å². The van der Waals surface area contributed by atoms with E-state index in [0.29, 0.717) is 9.65 Å². The van der Waals surface area contributed by atoms with Crippen LogP contribution in [0.25, 0.3) is 0 Å². The maximum absolute atomic E-state index is 11.3. The lowest BCUT2D eigenvalue weighted by Crippen LogP contribution is -2.41. The van der Waals surface area contributed by atoms with Gasteiger partial charge in [-0.15, -0.1) is 0 Å². The standard InChI is InChI=1S/C10H15Br2NO2/c1-2-5-15-10(14)13-7-3-4-8(11)9(12)6-7/h2,7-9H,1,3-6H2,(H,13,14)/t7-,8-,9-/m0/s1. The van der Waals surface area contributed by atoms with E-state index in [4.69, 9.17) is 4.74 Å². The molecule has 86 valence electrons. The molecule has 1 amide bonds. The molecule has 1 fully saturated rings. The summed E-state index contributed by atoms with van der Waals surface area (Å²) in [6.07, 6.45) is 4.18. The van der Waals surface area contributed by atoms with Gasteiger partial charge < -0.3 is 10.1 Å². The number of alkyl halides is 2. The zero-order chi connectivity index (χ0) is 11.3. The highest BCUT2D eigenvalue weighted by molar-refractivity contribution is 9.12. The molecule has 0 aliphatic heterocycles. The van der Waals surface area contributed by atoms with Crippen LogP contribution < -0.4 is 5.32 Å². The summed E-state index contributed by atoms with van der Waals surface area (Å²) < 4.78 is 4.86. The predicted octanol–water partition coefficient (Wildman–Crippen LogP) is 2.98. The lowest BCUT2D eigenvalue weighted by molar-refractivity contribution is 0.151. The summed E-state index contributed by atoms with van der Waals surface area (Å²) in [7, 11) is 0. The van der Waals surface area contributed by atoms with Crippen molar-refractivity contribution in [3.63, 3.8) is 0 Å². The van der Waals surface area contributed by atoms with Gasteiger partial charge >= 0.3 is 6.09 Å². The Morgan fingerprint density at radius 3 is 2.80 bits per heavy atom. The molecule has 0 aromatic rings. The maximum atomic E-state index is 11.3. The Morgan fingerprint density at radius 1 is 1.47 bits per heavy atom. The number of ether oxygens (including phenoxy) is 1. The quantitative estimate of drug-likeness (QED) is 0.633. The van der Waals surface area contributed by atoms with Crippen LogP contribution >= 0.6 is 31.9 Å². The van der Waals surface area contributed by atoms with Crippen molar-refractivity contribution in [2.24, 2.45) is 0 Å². The van der Waals surface area contributed by atoms with Crippen LogP contribution in [0.3, 0.4) is 0 Å². The molecule has 0 heterocycles. The molecule has 1 rings (SSSR count). The van der Waals surface area contributed by atoms with Gasteiger partial charge in [-0.2, -0.15) is 0 Å². The fraction of sp³-hybridized carbons (Fsp3) is 0.700. The Morgan fingerprint density at radius 2 is 2.20 bits per heavy atom. The Balaban J connectivity index is 2.27. The minimum atomic E-state index is -0.354. The molecule has 1 aliphatic rings. The molecule has 5 heteroatoms. The number of carbonyl (C=O) groups is 1. The molecule has 3 nitrogen and oxygen atoms in total. The molecular formula is C10H15Br2NO2. The molecule has 15 heavy (non-hydrogen) atoms. The molecule has 0 radical (unpaired) electrons. The van der Waals surface area contributed by atoms with Crippen molar-refractivity contribution >= 4 is 38.0 Å². The highest BCUT2D eigenvalue weighted by Gasteiger charge is 2.27. The normalized spacial score (nSPS) is 30.7. The second-order valence-electron chi connectivity index (χ2n) is 3.57. The van der Waals surface area contributed by atoms with Crippen LogP contribution in [-0.2, 0) is 4.74 Å². The Labute approximate surface area is 107 Å². The first-order chi connectivity index (χ1) is 7.13. The van der Waals surface area contributed by atoms with Crippen molar-refractivity contribution in [2.75, 3.05) is 6.61 Å². The number of amides is 1. The molecule has 0 aromatic carbocycles. The molecule has 1 N–H and O–H groups in total. The van der Waals surface area contributed by atoms with Crippen molar-refractivity contribution in [3.05, 3.63) is 12.7 Å². The molecule has 1 saturated carbocycles. The number of alkyl carbamates (subject to hydrolysis) is 1. The van der Waals surface area contributed by atoms with E-state index in [0.717, 1.165) is 19.3 Å². The topological polar surface area (TPSA) is 38.3 Å². The molecule has 1 aliphatic carbocycles. The van der Waals surface area contributed by atoms with Gasteiger partial charge in [-0.25, -0.2) is 4.79 Å². The third kappa shape index (κ3) is 4.55. The molecule has 0 bridgehead atoms. The van der Waals surface area contributed by atoms with Crippen molar-refractivity contribution in [1.82, 2.24) is 5.32 Å². The first-order valence-corrected chi connectivity index (χ1v) is 6.79. The van der Waals surface area contributed by atoms with Gasteiger partial charge in [0.15, 0.2) is 0 Å². The minimum absolute atomic E-state index is 0.209. The van der Waals surface area contributed by atoms with Crippen LogP contribution in [0.4, 0.5) is 4.79 Å². The SMILES string of the molecule is C=CCOC(=O)N[C@H]1CC[C@H](Br)[C@@H](Br)C1. The van der Waals surface area contributed by atoms with E-state index >= 15 is 0 Å². The maximum Gasteiger partial charge on any atom is 0.407 e. The number of nitrogens with one attached hydrogen (secondary N) is 1. The largest absolute Gasteiger partial charge is 0.445 e. The third-order valence-electron chi connectivity index (χ3n) is 2.35. The molecular weight excluding hydrogens is 326 g/mol. The summed E-state index contributed by atoms with van der Waals surface area (Å²) >= 11 is 7.17. The van der Waals surface area contributed by atoms with Crippen molar-refractivity contribution in [3.8, 4) is 0 Å². The predicted molar refractivity (Wildman–Crippen MR) is 67.7 cm³/mol. The van der Waals surface area contributed by atoms with Gasteiger partial charge in [0.2, 0.25) is 0 Å². The summed E-state index contributed by atoms with van der Waals surface area (Å²) in [6, 6.07) is 0.209. The van der Waals surface area contributed by atoms with Crippen LogP contribution in [0.2, 0.25) is 0 Å². The summed E-state index contributed by atoms with van der Waals surface area (Å²) in [4.78, 5) is 12.2. The minimum Gasteiger partial charge on any atom is -0.445 e. The second kappa shape index (κ2) is 6.53. The van der Waals surface area contributed by atoms with E-state index in [-0.39, 0.29) is 18.7 Å². The fourth-order valence-corrected chi connectivity index (χ4v) is 2.75. The van der Waals surface area contributed by atoms with Crippen LogP contribution in [0, 0.1) is 0 Å². The van der Waals surface area contributed by atoms with E-state index < -0.39 is 0 Å². The zero-order valence-corrected chi connectivity index (χ0v) is 11.6. The zero-order valence-electron chi connectivity index (χ0n) is 8.42. The Bertz CT molecular complexity index is 235. The molecule has 0 spiro atoms. The van der Waals surface area contributed by atoms with Gasteiger partial charge in [-0.05, 0) is 19.3 Å². The van der Waals surface area contributed by atoms with Crippen molar-refractivity contribution in [1.29, 1.82) is 0 Å². The summed E-state index contributed by atoms with van der Waals surface area (Å²) in [5.74, 6) is 0. The second-order valence-corrected chi connectivity index (χ2v) is 5.93. The van der Waals surface area contributed by atoms with E-state index in [1.54, 1.807) is 6.08 Å². The third-order valence-corrected chi connectivity index (χ3v) is 5.16. The lowest BCUT2D eigenvalue weighted by Gasteiger charge is -2.29. The first kappa shape index (κ1) is 13.0. The highest BCUT2D eigenvalue weighted by Crippen LogP contribution is 2.30. The van der Waals surface area contributed by atoms with Crippen LogP contribution in [0.15, 0.2) is 12.7 Å². The number of hydrogen-bond acceptors (Lipinski definition) is 2. The van der Waals surface area contributed by atoms with Gasteiger partial charge in [-0.3, -0.25) is 0 Å². The highest BCUT2D eigenvalue weighted by atomic mass is 79.9. The van der Waals surface area contributed by atoms with Gasteiger partial charge in [0.25, 0.3) is 0 Å². The summed E-state index contributed by atoms with van der Waals surface area (Å²) in [5, 5.41) is 2.84. The van der Waals surface area contributed by atoms with Gasteiger partial charge in [0.1, 0.15) is 6.61 Å². The van der Waals surface area contributed by atoms with Crippen molar-refractivity contribution < 1.29 is 9.53 Å². The monoisotopic (exact) mass is 339 g/mol. The van der Waals surface area contributed by atoms with E-state index in [1.165, 1.54) is 0 Å². The molecule has 3 atom stereocenters. The summed E-state index contributed by atoms with van der Waals surface area (Å²) in [5.41, 5.74) is 0. The Hall–Kier alpha value is -0.0300.